The van der Waals surface area contributed by atoms with E-state index in [1.165, 1.54) is 10.8 Å². The molecular weight excluding hydrogens is 334 g/mol. The van der Waals surface area contributed by atoms with Crippen LogP contribution in [0.1, 0.15) is 43.7 Å². The molecule has 4 atom stereocenters. The molecule has 0 radical (unpaired) electrons. The summed E-state index contributed by atoms with van der Waals surface area (Å²) in [4.78, 5) is 26.1. The summed E-state index contributed by atoms with van der Waals surface area (Å²) in [5.74, 6) is 0. The molecule has 2 heterocycles. The van der Waals surface area contributed by atoms with Crippen molar-refractivity contribution in [3.63, 3.8) is 0 Å². The summed E-state index contributed by atoms with van der Waals surface area (Å²) >= 11 is 0. The number of hydrogen-bond donors (Lipinski definition) is 3. The Morgan fingerprint density at radius 3 is 2.77 bits per heavy atom. The molecule has 26 heavy (non-hydrogen) atoms. The largest absolute Gasteiger partial charge is 0.390 e. The number of rotatable bonds is 6. The lowest BCUT2D eigenvalue weighted by Crippen LogP contribution is -2.36. The Morgan fingerprint density at radius 1 is 1.35 bits per heavy atom. The normalized spacial score (nSPS) is 23.9. The average Bonchev–Trinajstić information content (AvgIpc) is 3.01. The zero-order chi connectivity index (χ0) is 18.7. The molecule has 7 nitrogen and oxygen atoms in total. The predicted molar refractivity (Wildman–Crippen MR) is 98.1 cm³/mol. The molecule has 1 saturated heterocycles. The van der Waals surface area contributed by atoms with Gasteiger partial charge in [0.2, 0.25) is 0 Å². The molecule has 1 aliphatic rings. The van der Waals surface area contributed by atoms with Crippen LogP contribution in [0.25, 0.3) is 0 Å². The minimum Gasteiger partial charge on any atom is -0.390 e. The third-order valence-corrected chi connectivity index (χ3v) is 4.86. The molecule has 1 aromatic carbocycles. The topological polar surface area (TPSA) is 96.3 Å². The second kappa shape index (κ2) is 7.99. The number of aliphatic hydroxyl groups excluding tert-OH is 1. The molecular formula is C19H25N3O4. The van der Waals surface area contributed by atoms with E-state index in [-0.39, 0.29) is 11.6 Å². The van der Waals surface area contributed by atoms with E-state index in [0.717, 1.165) is 5.56 Å². The van der Waals surface area contributed by atoms with Crippen molar-refractivity contribution in [1.29, 1.82) is 0 Å². The number of nitrogens with one attached hydrogen (secondary N) is 2. The third-order valence-electron chi connectivity index (χ3n) is 4.86. The molecule has 140 valence electrons. The highest BCUT2D eigenvalue weighted by Crippen LogP contribution is 2.27. The van der Waals surface area contributed by atoms with E-state index < -0.39 is 24.1 Å². The van der Waals surface area contributed by atoms with Crippen molar-refractivity contribution in [2.45, 2.75) is 51.2 Å². The van der Waals surface area contributed by atoms with Gasteiger partial charge in [-0.2, -0.15) is 0 Å². The van der Waals surface area contributed by atoms with Crippen molar-refractivity contribution < 1.29 is 9.84 Å². The fraction of sp³-hybridized carbons (Fsp3) is 0.474. The number of aromatic nitrogens is 2. The first-order valence-electron chi connectivity index (χ1n) is 8.95. The van der Waals surface area contributed by atoms with E-state index in [2.05, 4.69) is 10.3 Å². The average molecular weight is 359 g/mol. The van der Waals surface area contributed by atoms with Crippen molar-refractivity contribution in [3.8, 4) is 0 Å². The Labute approximate surface area is 151 Å². The smallest absolute Gasteiger partial charge is 0.330 e. The first-order chi connectivity index (χ1) is 12.5. The van der Waals surface area contributed by atoms with Gasteiger partial charge in [-0.15, -0.1) is 0 Å². The molecule has 0 spiro atoms. The maximum atomic E-state index is 12.1. The lowest BCUT2D eigenvalue weighted by atomic mass is 10.1. The predicted octanol–water partition coefficient (Wildman–Crippen LogP) is 1.10. The van der Waals surface area contributed by atoms with Crippen LogP contribution in [0.5, 0.6) is 0 Å². The third kappa shape index (κ3) is 3.95. The van der Waals surface area contributed by atoms with Crippen LogP contribution in [0.15, 0.2) is 46.1 Å². The number of aromatic amines is 1. The van der Waals surface area contributed by atoms with Crippen molar-refractivity contribution in [3.05, 3.63) is 68.5 Å². The van der Waals surface area contributed by atoms with Crippen molar-refractivity contribution >= 4 is 0 Å². The molecule has 1 fully saturated rings. The molecule has 1 aromatic heterocycles. The minimum absolute atomic E-state index is 0.119. The van der Waals surface area contributed by atoms with Gasteiger partial charge >= 0.3 is 5.69 Å². The van der Waals surface area contributed by atoms with Gasteiger partial charge in [-0.3, -0.25) is 14.3 Å². The summed E-state index contributed by atoms with van der Waals surface area (Å²) in [5.41, 5.74) is 0.779. The summed E-state index contributed by atoms with van der Waals surface area (Å²) in [6.45, 7) is 4.36. The van der Waals surface area contributed by atoms with Crippen molar-refractivity contribution in [2.75, 3.05) is 6.54 Å². The summed E-state index contributed by atoms with van der Waals surface area (Å²) in [6.07, 6.45) is 0.667. The van der Waals surface area contributed by atoms with E-state index in [4.69, 9.17) is 4.74 Å². The highest BCUT2D eigenvalue weighted by atomic mass is 16.5. The van der Waals surface area contributed by atoms with Crippen LogP contribution in [-0.2, 0) is 11.2 Å². The zero-order valence-electron chi connectivity index (χ0n) is 15.0. The van der Waals surface area contributed by atoms with Gasteiger partial charge in [0.15, 0.2) is 0 Å². The minimum atomic E-state index is -0.681. The van der Waals surface area contributed by atoms with Crippen LogP contribution in [0, 0.1) is 0 Å². The highest BCUT2D eigenvalue weighted by Gasteiger charge is 2.35. The lowest BCUT2D eigenvalue weighted by Gasteiger charge is -2.20. The number of hydrogen-bond acceptors (Lipinski definition) is 5. The van der Waals surface area contributed by atoms with Crippen molar-refractivity contribution in [2.24, 2.45) is 0 Å². The first kappa shape index (κ1) is 18.6. The van der Waals surface area contributed by atoms with Crippen LogP contribution in [-0.4, -0.2) is 33.4 Å². The van der Waals surface area contributed by atoms with Crippen LogP contribution in [0.2, 0.25) is 0 Å². The lowest BCUT2D eigenvalue weighted by molar-refractivity contribution is -0.0203. The number of ether oxygens (including phenoxy) is 1. The van der Waals surface area contributed by atoms with Crippen LogP contribution in [0.3, 0.4) is 0 Å². The van der Waals surface area contributed by atoms with Crippen LogP contribution < -0.4 is 16.6 Å². The molecule has 1 unspecified atom stereocenters. The SMILES string of the molecule is CCc1cn([C@@H]2CC(O)[C@H](CN[C@@H](C)c3ccccc3)O2)c(=O)[nH]c1=O. The number of aryl methyl sites for hydroxylation is 1. The highest BCUT2D eigenvalue weighted by molar-refractivity contribution is 5.18. The molecule has 0 aliphatic carbocycles. The van der Waals surface area contributed by atoms with Crippen LogP contribution >= 0.6 is 0 Å². The van der Waals surface area contributed by atoms with Gasteiger partial charge in [-0.25, -0.2) is 4.79 Å². The van der Waals surface area contributed by atoms with Gasteiger partial charge in [-0.05, 0) is 18.9 Å². The quantitative estimate of drug-likeness (QED) is 0.718. The molecule has 0 bridgehead atoms. The summed E-state index contributed by atoms with van der Waals surface area (Å²) in [7, 11) is 0. The second-order valence-corrected chi connectivity index (χ2v) is 6.65. The number of aliphatic hydroxyl groups is 1. The van der Waals surface area contributed by atoms with Gasteiger partial charge in [0.05, 0.1) is 12.2 Å². The monoisotopic (exact) mass is 359 g/mol. The molecule has 1 aliphatic heterocycles. The van der Waals surface area contributed by atoms with Crippen LogP contribution in [0.4, 0.5) is 0 Å². The molecule has 0 amide bonds. The van der Waals surface area contributed by atoms with Gasteiger partial charge < -0.3 is 15.2 Å². The molecule has 7 heteroatoms. The Kier molecular flexibility index (Phi) is 5.70. The fourth-order valence-corrected chi connectivity index (χ4v) is 3.22. The summed E-state index contributed by atoms with van der Waals surface area (Å²) in [6, 6.07) is 10.1. The molecule has 2 aromatic rings. The van der Waals surface area contributed by atoms with E-state index in [1.807, 2.05) is 44.2 Å². The van der Waals surface area contributed by atoms with Gasteiger partial charge in [0, 0.05) is 30.8 Å². The number of H-pyrrole nitrogens is 1. The second-order valence-electron chi connectivity index (χ2n) is 6.65. The first-order valence-corrected chi connectivity index (χ1v) is 8.95. The standard InChI is InChI=1S/C19H25N3O4/c1-3-13-11-22(19(25)21-18(13)24)17-9-15(23)16(26-17)10-20-12(2)14-7-5-4-6-8-14/h4-8,11-12,15-17,20,23H,3,9-10H2,1-2H3,(H,21,24,25)/t12-,15?,16-,17-/m0/s1. The van der Waals surface area contributed by atoms with E-state index in [1.54, 1.807) is 0 Å². The summed E-state index contributed by atoms with van der Waals surface area (Å²) < 4.78 is 7.26. The van der Waals surface area contributed by atoms with E-state index in [9.17, 15) is 14.7 Å². The Morgan fingerprint density at radius 2 is 2.08 bits per heavy atom. The Hall–Kier alpha value is -2.22. The van der Waals surface area contributed by atoms with Gasteiger partial charge in [0.1, 0.15) is 6.23 Å². The Balaban J connectivity index is 1.66. The maximum absolute atomic E-state index is 12.1. The number of nitrogens with zero attached hydrogens (tertiary/aromatic N) is 1. The van der Waals surface area contributed by atoms with E-state index in [0.29, 0.717) is 24.9 Å². The molecule has 3 N–H and O–H groups in total. The molecule has 3 rings (SSSR count). The molecule has 0 saturated carbocycles. The van der Waals surface area contributed by atoms with Gasteiger partial charge in [-0.1, -0.05) is 37.3 Å². The van der Waals surface area contributed by atoms with Gasteiger partial charge in [0.25, 0.3) is 5.56 Å². The zero-order valence-corrected chi connectivity index (χ0v) is 15.0. The number of benzene rings is 1. The maximum Gasteiger partial charge on any atom is 0.330 e. The van der Waals surface area contributed by atoms with E-state index >= 15 is 0 Å². The summed E-state index contributed by atoms with van der Waals surface area (Å²) in [5, 5.41) is 13.7. The Bertz CT molecular complexity index is 846. The fourth-order valence-electron chi connectivity index (χ4n) is 3.22. The van der Waals surface area contributed by atoms with Crippen molar-refractivity contribution in [1.82, 2.24) is 14.9 Å².